The van der Waals surface area contributed by atoms with E-state index in [1.807, 2.05) is 60.8 Å². The lowest BCUT2D eigenvalue weighted by molar-refractivity contribution is 0.892. The second-order valence-electron chi connectivity index (χ2n) is 6.86. The standard InChI is InChI=1S/C24H23N5/c1-29(18-19-9-4-2-5-10-19)23-15-22(26-17-20-11-8-14-25-16-20)27-24(28-23)21-12-6-3-7-13-21/h2-16H,17-18H2,1H3,(H,26,27,28). The molecule has 0 saturated carbocycles. The van der Waals surface area contributed by atoms with E-state index in [4.69, 9.17) is 9.97 Å². The third kappa shape index (κ3) is 4.96. The van der Waals surface area contributed by atoms with E-state index in [2.05, 4.69) is 46.5 Å². The number of rotatable bonds is 7. The summed E-state index contributed by atoms with van der Waals surface area (Å²) < 4.78 is 0. The summed E-state index contributed by atoms with van der Waals surface area (Å²) in [6.45, 7) is 1.43. The van der Waals surface area contributed by atoms with E-state index >= 15 is 0 Å². The van der Waals surface area contributed by atoms with E-state index in [1.165, 1.54) is 5.56 Å². The van der Waals surface area contributed by atoms with Crippen LogP contribution in [0.1, 0.15) is 11.1 Å². The monoisotopic (exact) mass is 381 g/mol. The van der Waals surface area contributed by atoms with Gasteiger partial charge in [-0.25, -0.2) is 9.97 Å². The van der Waals surface area contributed by atoms with Crippen LogP contribution in [0.5, 0.6) is 0 Å². The van der Waals surface area contributed by atoms with Crippen LogP contribution in [0.15, 0.2) is 91.3 Å². The van der Waals surface area contributed by atoms with Crippen molar-refractivity contribution in [1.29, 1.82) is 0 Å². The summed E-state index contributed by atoms with van der Waals surface area (Å²) in [6.07, 6.45) is 3.63. The van der Waals surface area contributed by atoms with Crippen LogP contribution in [-0.4, -0.2) is 22.0 Å². The van der Waals surface area contributed by atoms with Crippen molar-refractivity contribution in [3.05, 3.63) is 102 Å². The minimum absolute atomic E-state index is 0.654. The van der Waals surface area contributed by atoms with Crippen molar-refractivity contribution in [3.63, 3.8) is 0 Å². The van der Waals surface area contributed by atoms with E-state index in [0.29, 0.717) is 12.4 Å². The quantitative estimate of drug-likeness (QED) is 0.499. The van der Waals surface area contributed by atoms with Crippen molar-refractivity contribution >= 4 is 11.6 Å². The Morgan fingerprint density at radius 1 is 0.828 bits per heavy atom. The highest BCUT2D eigenvalue weighted by atomic mass is 15.2. The molecule has 4 rings (SSSR count). The highest BCUT2D eigenvalue weighted by Crippen LogP contribution is 2.23. The molecular formula is C24H23N5. The SMILES string of the molecule is CN(Cc1ccccc1)c1cc(NCc2cccnc2)nc(-c2ccccc2)n1. The lowest BCUT2D eigenvalue weighted by atomic mass is 10.2. The molecule has 2 aromatic carbocycles. The fourth-order valence-corrected chi connectivity index (χ4v) is 3.07. The Balaban J connectivity index is 1.62. The Bertz CT molecular complexity index is 1040. The highest BCUT2D eigenvalue weighted by Gasteiger charge is 2.11. The number of hydrogen-bond donors (Lipinski definition) is 1. The molecule has 5 nitrogen and oxygen atoms in total. The molecule has 0 bridgehead atoms. The molecular weight excluding hydrogens is 358 g/mol. The van der Waals surface area contributed by atoms with Crippen LogP contribution in [0.2, 0.25) is 0 Å². The van der Waals surface area contributed by atoms with E-state index < -0.39 is 0 Å². The number of nitrogens with zero attached hydrogens (tertiary/aromatic N) is 4. The second kappa shape index (κ2) is 8.97. The van der Waals surface area contributed by atoms with Crippen molar-refractivity contribution in [2.24, 2.45) is 0 Å². The first kappa shape index (κ1) is 18.6. The first-order chi connectivity index (χ1) is 14.3. The van der Waals surface area contributed by atoms with Gasteiger partial charge in [0, 0.05) is 44.2 Å². The minimum Gasteiger partial charge on any atom is -0.366 e. The van der Waals surface area contributed by atoms with Gasteiger partial charge in [-0.05, 0) is 17.2 Å². The smallest absolute Gasteiger partial charge is 0.163 e. The topological polar surface area (TPSA) is 53.9 Å². The molecule has 0 saturated heterocycles. The van der Waals surface area contributed by atoms with Gasteiger partial charge in [0.25, 0.3) is 0 Å². The van der Waals surface area contributed by atoms with E-state index in [-0.39, 0.29) is 0 Å². The average Bonchev–Trinajstić information content (AvgIpc) is 2.79. The predicted octanol–water partition coefficient (Wildman–Crippen LogP) is 4.79. The third-order valence-corrected chi connectivity index (χ3v) is 4.59. The molecule has 144 valence electrons. The van der Waals surface area contributed by atoms with E-state index in [0.717, 1.165) is 29.3 Å². The molecule has 0 radical (unpaired) electrons. The lowest BCUT2D eigenvalue weighted by Crippen LogP contribution is -2.18. The van der Waals surface area contributed by atoms with Crippen LogP contribution >= 0.6 is 0 Å². The highest BCUT2D eigenvalue weighted by molar-refractivity contribution is 5.61. The summed E-state index contributed by atoms with van der Waals surface area (Å²) >= 11 is 0. The Hall–Kier alpha value is -3.73. The molecule has 1 N–H and O–H groups in total. The first-order valence-corrected chi connectivity index (χ1v) is 9.60. The minimum atomic E-state index is 0.654. The van der Waals surface area contributed by atoms with Crippen LogP contribution in [0.3, 0.4) is 0 Å². The van der Waals surface area contributed by atoms with Gasteiger partial charge in [-0.2, -0.15) is 0 Å². The molecule has 0 spiro atoms. The number of anilines is 2. The molecule has 29 heavy (non-hydrogen) atoms. The summed E-state index contributed by atoms with van der Waals surface area (Å²) in [5.74, 6) is 2.37. The van der Waals surface area contributed by atoms with Gasteiger partial charge < -0.3 is 10.2 Å². The van der Waals surface area contributed by atoms with Crippen molar-refractivity contribution in [2.75, 3.05) is 17.3 Å². The fraction of sp³-hybridized carbons (Fsp3) is 0.125. The molecule has 0 aliphatic heterocycles. The number of nitrogens with one attached hydrogen (secondary N) is 1. The van der Waals surface area contributed by atoms with Gasteiger partial charge in [0.1, 0.15) is 11.6 Å². The Morgan fingerprint density at radius 2 is 1.55 bits per heavy atom. The molecule has 2 aromatic heterocycles. The molecule has 0 fully saturated rings. The van der Waals surface area contributed by atoms with Gasteiger partial charge >= 0.3 is 0 Å². The van der Waals surface area contributed by atoms with Crippen LogP contribution in [0.4, 0.5) is 11.6 Å². The number of benzene rings is 2. The van der Waals surface area contributed by atoms with Gasteiger partial charge in [-0.15, -0.1) is 0 Å². The normalized spacial score (nSPS) is 10.5. The maximum atomic E-state index is 4.82. The van der Waals surface area contributed by atoms with Crippen LogP contribution < -0.4 is 10.2 Å². The number of aromatic nitrogens is 3. The first-order valence-electron chi connectivity index (χ1n) is 9.60. The zero-order valence-electron chi connectivity index (χ0n) is 16.4. The summed E-state index contributed by atoms with van der Waals surface area (Å²) in [6, 6.07) is 26.4. The lowest BCUT2D eigenvalue weighted by Gasteiger charge is -2.20. The predicted molar refractivity (Wildman–Crippen MR) is 118 cm³/mol. The summed E-state index contributed by atoms with van der Waals surface area (Å²) in [7, 11) is 2.05. The number of pyridine rings is 1. The molecule has 0 aliphatic carbocycles. The summed E-state index contributed by atoms with van der Waals surface area (Å²) in [5, 5.41) is 3.41. The van der Waals surface area contributed by atoms with Crippen molar-refractivity contribution in [1.82, 2.24) is 15.0 Å². The maximum Gasteiger partial charge on any atom is 0.163 e. The average molecular weight is 381 g/mol. The van der Waals surface area contributed by atoms with Gasteiger partial charge in [-0.3, -0.25) is 4.98 Å². The summed E-state index contributed by atoms with van der Waals surface area (Å²) in [5.41, 5.74) is 3.33. The molecule has 5 heteroatoms. The Labute approximate surface area is 171 Å². The third-order valence-electron chi connectivity index (χ3n) is 4.59. The van der Waals surface area contributed by atoms with Crippen molar-refractivity contribution in [2.45, 2.75) is 13.1 Å². The second-order valence-corrected chi connectivity index (χ2v) is 6.86. The van der Waals surface area contributed by atoms with Crippen LogP contribution in [-0.2, 0) is 13.1 Å². The molecule has 4 aromatic rings. The zero-order valence-corrected chi connectivity index (χ0v) is 16.4. The zero-order chi connectivity index (χ0) is 19.9. The van der Waals surface area contributed by atoms with Gasteiger partial charge in [0.2, 0.25) is 0 Å². The Morgan fingerprint density at radius 3 is 2.28 bits per heavy atom. The molecule has 2 heterocycles. The summed E-state index contributed by atoms with van der Waals surface area (Å²) in [4.78, 5) is 15.9. The number of hydrogen-bond acceptors (Lipinski definition) is 5. The van der Waals surface area contributed by atoms with Crippen LogP contribution in [0, 0.1) is 0 Å². The maximum absolute atomic E-state index is 4.82. The van der Waals surface area contributed by atoms with Crippen molar-refractivity contribution in [3.8, 4) is 11.4 Å². The van der Waals surface area contributed by atoms with E-state index in [1.54, 1.807) is 6.20 Å². The fourth-order valence-electron chi connectivity index (χ4n) is 3.07. The largest absolute Gasteiger partial charge is 0.366 e. The van der Waals surface area contributed by atoms with Gasteiger partial charge in [0.15, 0.2) is 5.82 Å². The van der Waals surface area contributed by atoms with Gasteiger partial charge in [0.05, 0.1) is 0 Å². The molecule has 0 unspecified atom stereocenters. The van der Waals surface area contributed by atoms with Crippen molar-refractivity contribution < 1.29 is 0 Å². The van der Waals surface area contributed by atoms with Gasteiger partial charge in [-0.1, -0.05) is 66.7 Å². The van der Waals surface area contributed by atoms with Crippen LogP contribution in [0.25, 0.3) is 11.4 Å². The molecule has 0 atom stereocenters. The Kier molecular flexibility index (Phi) is 5.76. The molecule has 0 aliphatic rings. The molecule has 0 amide bonds. The van der Waals surface area contributed by atoms with E-state index in [9.17, 15) is 0 Å².